The van der Waals surface area contributed by atoms with Gasteiger partial charge >= 0.3 is 0 Å². The van der Waals surface area contributed by atoms with E-state index in [-0.39, 0.29) is 17.2 Å². The van der Waals surface area contributed by atoms with Crippen molar-refractivity contribution in [2.75, 3.05) is 7.11 Å². The molecular formula is C13H19NO5. The van der Waals surface area contributed by atoms with Crippen LogP contribution < -0.4 is 15.0 Å². The minimum atomic E-state index is -1.59. The summed E-state index contributed by atoms with van der Waals surface area (Å²) in [5, 5.41) is 10.4. The highest BCUT2D eigenvalue weighted by molar-refractivity contribution is 5.41. The molecule has 6 heteroatoms. The molecule has 0 unspecified atom stereocenters. The van der Waals surface area contributed by atoms with E-state index in [0.29, 0.717) is 17.9 Å². The smallest absolute Gasteiger partial charge is 0.295 e. The van der Waals surface area contributed by atoms with Crippen LogP contribution in [0.25, 0.3) is 0 Å². The average molecular weight is 269 g/mol. The van der Waals surface area contributed by atoms with E-state index in [2.05, 4.69) is 4.98 Å². The molecule has 0 saturated carbocycles. The standard InChI is InChI=1S/C13H19NO5/c1-7(2)6-13(16,17-4)12-18-9-5-8(3)14-11(15)10(9)19-12/h5,7,12,16H,6H2,1-4H3,(H,14,15)/t12-,13-/m1/s1. The topological polar surface area (TPSA) is 80.8 Å². The lowest BCUT2D eigenvalue weighted by atomic mass is 10.0. The summed E-state index contributed by atoms with van der Waals surface area (Å²) in [6.45, 7) is 5.64. The van der Waals surface area contributed by atoms with Crippen molar-refractivity contribution in [3.8, 4) is 11.5 Å². The quantitative estimate of drug-likeness (QED) is 0.802. The maximum absolute atomic E-state index is 11.7. The summed E-state index contributed by atoms with van der Waals surface area (Å²) in [5.41, 5.74) is 0.290. The second kappa shape index (κ2) is 4.86. The minimum absolute atomic E-state index is 0.0785. The lowest BCUT2D eigenvalue weighted by Gasteiger charge is -2.31. The number of ether oxygens (including phenoxy) is 3. The number of aryl methyl sites for hydroxylation is 1. The monoisotopic (exact) mass is 269 g/mol. The Morgan fingerprint density at radius 2 is 2.21 bits per heavy atom. The van der Waals surface area contributed by atoms with Crippen molar-refractivity contribution in [2.24, 2.45) is 5.92 Å². The number of aliphatic hydroxyl groups is 1. The molecule has 0 aromatic carbocycles. The van der Waals surface area contributed by atoms with Crippen molar-refractivity contribution in [1.82, 2.24) is 4.98 Å². The first-order chi connectivity index (χ1) is 8.85. The van der Waals surface area contributed by atoms with Crippen LogP contribution in [-0.2, 0) is 4.74 Å². The van der Waals surface area contributed by atoms with Crippen molar-refractivity contribution in [3.05, 3.63) is 22.1 Å². The fourth-order valence-electron chi connectivity index (χ4n) is 2.14. The SMILES string of the molecule is CO[C@](O)(CC(C)C)[C@@H]1Oc2cc(C)[nH]c(=O)c2O1. The molecule has 106 valence electrons. The molecule has 1 aliphatic heterocycles. The van der Waals surface area contributed by atoms with Crippen LogP contribution in [0.5, 0.6) is 11.5 Å². The number of rotatable bonds is 4. The highest BCUT2D eigenvalue weighted by Gasteiger charge is 2.46. The molecular weight excluding hydrogens is 250 g/mol. The number of hydrogen-bond donors (Lipinski definition) is 2. The molecule has 1 aromatic heterocycles. The van der Waals surface area contributed by atoms with Gasteiger partial charge in [-0.1, -0.05) is 13.8 Å². The van der Waals surface area contributed by atoms with Gasteiger partial charge in [-0.05, 0) is 12.8 Å². The van der Waals surface area contributed by atoms with Crippen molar-refractivity contribution >= 4 is 0 Å². The molecule has 2 atom stereocenters. The van der Waals surface area contributed by atoms with Crippen LogP contribution in [0.4, 0.5) is 0 Å². The minimum Gasteiger partial charge on any atom is -0.445 e. The number of methoxy groups -OCH3 is 1. The van der Waals surface area contributed by atoms with Crippen molar-refractivity contribution < 1.29 is 19.3 Å². The Morgan fingerprint density at radius 1 is 1.53 bits per heavy atom. The maximum Gasteiger partial charge on any atom is 0.295 e. The van der Waals surface area contributed by atoms with Gasteiger partial charge in [0.15, 0.2) is 5.75 Å². The molecule has 1 aliphatic rings. The largest absolute Gasteiger partial charge is 0.445 e. The Bertz CT molecular complexity index is 524. The predicted octanol–water partition coefficient (Wildman–Crippen LogP) is 1.16. The number of nitrogens with one attached hydrogen (secondary N) is 1. The third-order valence-electron chi connectivity index (χ3n) is 2.97. The van der Waals surface area contributed by atoms with Crippen LogP contribution >= 0.6 is 0 Å². The van der Waals surface area contributed by atoms with Gasteiger partial charge < -0.3 is 24.3 Å². The number of H-pyrrole nitrogens is 1. The second-order valence-corrected chi connectivity index (χ2v) is 5.19. The summed E-state index contributed by atoms with van der Waals surface area (Å²) in [5.74, 6) is -1.01. The van der Waals surface area contributed by atoms with Gasteiger partial charge in [0.25, 0.3) is 11.8 Å². The second-order valence-electron chi connectivity index (χ2n) is 5.19. The van der Waals surface area contributed by atoms with Crippen molar-refractivity contribution in [1.29, 1.82) is 0 Å². The van der Waals surface area contributed by atoms with Gasteiger partial charge in [-0.2, -0.15) is 0 Å². The van der Waals surface area contributed by atoms with Gasteiger partial charge in [0.2, 0.25) is 11.5 Å². The normalized spacial score (nSPS) is 20.6. The molecule has 1 aromatic rings. The van der Waals surface area contributed by atoms with Gasteiger partial charge in [0, 0.05) is 25.3 Å². The van der Waals surface area contributed by atoms with Crippen LogP contribution in [0, 0.1) is 12.8 Å². The molecule has 19 heavy (non-hydrogen) atoms. The van der Waals surface area contributed by atoms with E-state index in [4.69, 9.17) is 14.2 Å². The van der Waals surface area contributed by atoms with Crippen molar-refractivity contribution in [3.63, 3.8) is 0 Å². The highest BCUT2D eigenvalue weighted by Crippen LogP contribution is 2.37. The van der Waals surface area contributed by atoms with Crippen LogP contribution in [0.15, 0.2) is 10.9 Å². The Balaban J connectivity index is 2.28. The summed E-state index contributed by atoms with van der Waals surface area (Å²) in [6.07, 6.45) is -0.711. The van der Waals surface area contributed by atoms with Crippen LogP contribution in [0.3, 0.4) is 0 Å². The third kappa shape index (κ3) is 2.59. The van der Waals surface area contributed by atoms with E-state index in [9.17, 15) is 9.90 Å². The summed E-state index contributed by atoms with van der Waals surface area (Å²) in [7, 11) is 1.38. The lowest BCUT2D eigenvalue weighted by molar-refractivity contribution is -0.280. The van der Waals surface area contributed by atoms with Gasteiger partial charge in [0.05, 0.1) is 0 Å². The Kier molecular flexibility index (Phi) is 3.56. The number of aromatic amines is 1. The molecule has 2 heterocycles. The first-order valence-electron chi connectivity index (χ1n) is 6.20. The summed E-state index contributed by atoms with van der Waals surface area (Å²) >= 11 is 0. The van der Waals surface area contributed by atoms with Crippen LogP contribution in [-0.4, -0.2) is 29.3 Å². The predicted molar refractivity (Wildman–Crippen MR) is 68.3 cm³/mol. The molecule has 0 fully saturated rings. The van der Waals surface area contributed by atoms with Crippen LogP contribution in [0.1, 0.15) is 26.0 Å². The van der Waals surface area contributed by atoms with Crippen molar-refractivity contribution in [2.45, 2.75) is 39.3 Å². The zero-order chi connectivity index (χ0) is 14.2. The van der Waals surface area contributed by atoms with E-state index in [1.165, 1.54) is 7.11 Å². The van der Waals surface area contributed by atoms with Gasteiger partial charge in [-0.3, -0.25) is 4.79 Å². The molecule has 2 N–H and O–H groups in total. The Labute approximate surface area is 111 Å². The molecule has 0 aliphatic carbocycles. The number of aromatic nitrogens is 1. The summed E-state index contributed by atoms with van der Waals surface area (Å²) < 4.78 is 16.0. The van der Waals surface area contributed by atoms with E-state index in [1.54, 1.807) is 13.0 Å². The molecule has 2 rings (SSSR count). The highest BCUT2D eigenvalue weighted by atomic mass is 16.8. The molecule has 0 spiro atoms. The zero-order valence-electron chi connectivity index (χ0n) is 11.5. The van der Waals surface area contributed by atoms with Crippen LogP contribution in [0.2, 0.25) is 0 Å². The lowest BCUT2D eigenvalue weighted by Crippen LogP contribution is -2.50. The average Bonchev–Trinajstić information content (AvgIpc) is 2.72. The fraction of sp³-hybridized carbons (Fsp3) is 0.615. The maximum atomic E-state index is 11.7. The summed E-state index contributed by atoms with van der Waals surface area (Å²) in [4.78, 5) is 14.4. The van der Waals surface area contributed by atoms with E-state index in [1.807, 2.05) is 13.8 Å². The van der Waals surface area contributed by atoms with Gasteiger partial charge in [0.1, 0.15) is 0 Å². The Hall–Kier alpha value is -1.53. The molecule has 0 radical (unpaired) electrons. The van der Waals surface area contributed by atoms with Gasteiger partial charge in [-0.15, -0.1) is 0 Å². The third-order valence-corrected chi connectivity index (χ3v) is 2.97. The van der Waals surface area contributed by atoms with E-state index < -0.39 is 12.1 Å². The van der Waals surface area contributed by atoms with E-state index >= 15 is 0 Å². The van der Waals surface area contributed by atoms with E-state index in [0.717, 1.165) is 0 Å². The number of pyridine rings is 1. The molecule has 0 amide bonds. The first-order valence-corrected chi connectivity index (χ1v) is 6.20. The van der Waals surface area contributed by atoms with Gasteiger partial charge in [-0.25, -0.2) is 0 Å². The molecule has 6 nitrogen and oxygen atoms in total. The first kappa shape index (κ1) is 13.9. The zero-order valence-corrected chi connectivity index (χ0v) is 11.5. The summed E-state index contributed by atoms with van der Waals surface area (Å²) in [6, 6.07) is 1.65. The Morgan fingerprint density at radius 3 is 2.79 bits per heavy atom. The number of hydrogen-bond acceptors (Lipinski definition) is 5. The molecule has 0 bridgehead atoms. The fourth-order valence-corrected chi connectivity index (χ4v) is 2.14. The number of fused-ring (bicyclic) bond motifs is 1. The molecule has 0 saturated heterocycles.